The van der Waals surface area contributed by atoms with E-state index in [0.29, 0.717) is 27.6 Å². The first-order valence-corrected chi connectivity index (χ1v) is 7.56. The van der Waals surface area contributed by atoms with Crippen molar-refractivity contribution in [2.24, 2.45) is 0 Å². The van der Waals surface area contributed by atoms with E-state index >= 15 is 0 Å². The summed E-state index contributed by atoms with van der Waals surface area (Å²) in [7, 11) is 3.05. The number of methoxy groups -OCH3 is 2. The van der Waals surface area contributed by atoms with Crippen molar-refractivity contribution >= 4 is 23.4 Å². The number of ketones is 1. The Morgan fingerprint density at radius 3 is 2.25 bits per heavy atom. The van der Waals surface area contributed by atoms with Crippen molar-refractivity contribution in [1.82, 2.24) is 0 Å². The summed E-state index contributed by atoms with van der Waals surface area (Å²) in [5, 5.41) is 0.539. The van der Waals surface area contributed by atoms with Crippen LogP contribution in [0, 0.1) is 0 Å². The molecule has 0 bridgehead atoms. The number of benzene rings is 2. The molecule has 0 saturated carbocycles. The van der Waals surface area contributed by atoms with E-state index < -0.39 is 5.97 Å². The number of Topliss-reactive ketones (excluding diaryl/α,β-unsaturated/α-hetero) is 1. The van der Waals surface area contributed by atoms with Crippen LogP contribution < -0.4 is 9.47 Å². The van der Waals surface area contributed by atoms with Crippen LogP contribution in [0.25, 0.3) is 0 Å². The topological polar surface area (TPSA) is 61.8 Å². The smallest absolute Gasteiger partial charge is 0.310 e. The average molecular weight is 349 g/mol. The van der Waals surface area contributed by atoms with Gasteiger partial charge in [-0.1, -0.05) is 17.7 Å². The van der Waals surface area contributed by atoms with Crippen LogP contribution in [0.3, 0.4) is 0 Å². The van der Waals surface area contributed by atoms with Gasteiger partial charge in [0.15, 0.2) is 23.9 Å². The molecule has 0 amide bonds. The molecule has 0 radical (unpaired) electrons. The van der Waals surface area contributed by atoms with Crippen molar-refractivity contribution in [2.75, 3.05) is 20.8 Å². The minimum Gasteiger partial charge on any atom is -0.493 e. The highest BCUT2D eigenvalue weighted by Crippen LogP contribution is 2.27. The van der Waals surface area contributed by atoms with Crippen molar-refractivity contribution in [3.63, 3.8) is 0 Å². The normalized spacial score (nSPS) is 10.1. The molecule has 2 rings (SSSR count). The van der Waals surface area contributed by atoms with Crippen LogP contribution in [0.2, 0.25) is 5.02 Å². The summed E-state index contributed by atoms with van der Waals surface area (Å²) in [5.41, 5.74) is 1.15. The highest BCUT2D eigenvalue weighted by Gasteiger charge is 2.12. The first-order valence-electron chi connectivity index (χ1n) is 7.18. The van der Waals surface area contributed by atoms with Gasteiger partial charge in [-0.2, -0.15) is 0 Å². The van der Waals surface area contributed by atoms with Crippen LogP contribution in [0.15, 0.2) is 42.5 Å². The van der Waals surface area contributed by atoms with Gasteiger partial charge in [-0.3, -0.25) is 9.59 Å². The monoisotopic (exact) mass is 348 g/mol. The SMILES string of the molecule is COc1ccc(CC(=O)OCC(=O)c2ccc(Cl)cc2)cc1OC. The number of hydrogen-bond acceptors (Lipinski definition) is 5. The molecule has 6 heteroatoms. The summed E-state index contributed by atoms with van der Waals surface area (Å²) in [6, 6.07) is 11.5. The van der Waals surface area contributed by atoms with Crippen molar-refractivity contribution in [3.8, 4) is 11.5 Å². The van der Waals surface area contributed by atoms with Crippen LogP contribution in [0.1, 0.15) is 15.9 Å². The predicted molar refractivity (Wildman–Crippen MR) is 90.0 cm³/mol. The molecule has 0 saturated heterocycles. The molecule has 24 heavy (non-hydrogen) atoms. The maximum absolute atomic E-state index is 11.9. The molecular weight excluding hydrogens is 332 g/mol. The third kappa shape index (κ3) is 4.73. The van der Waals surface area contributed by atoms with Crippen molar-refractivity contribution < 1.29 is 23.8 Å². The minimum absolute atomic E-state index is 0.0360. The number of carbonyl (C=O) groups excluding carboxylic acids is 2. The van der Waals surface area contributed by atoms with Gasteiger partial charge in [-0.25, -0.2) is 0 Å². The Balaban J connectivity index is 1.91. The lowest BCUT2D eigenvalue weighted by molar-refractivity contribution is -0.141. The van der Waals surface area contributed by atoms with E-state index in [-0.39, 0.29) is 18.8 Å². The number of carbonyl (C=O) groups is 2. The molecule has 0 fully saturated rings. The molecular formula is C18H17ClO5. The Bertz CT molecular complexity index is 725. The molecule has 0 aromatic heterocycles. The van der Waals surface area contributed by atoms with Gasteiger partial charge in [0, 0.05) is 10.6 Å². The lowest BCUT2D eigenvalue weighted by Crippen LogP contribution is -2.15. The van der Waals surface area contributed by atoms with Crippen LogP contribution in [-0.4, -0.2) is 32.6 Å². The fourth-order valence-corrected chi connectivity index (χ4v) is 2.20. The van der Waals surface area contributed by atoms with Gasteiger partial charge in [0.1, 0.15) is 0 Å². The summed E-state index contributed by atoms with van der Waals surface area (Å²) in [6.45, 7) is -0.312. The first-order chi connectivity index (χ1) is 11.5. The zero-order valence-electron chi connectivity index (χ0n) is 13.4. The van der Waals surface area contributed by atoms with Crippen molar-refractivity contribution in [1.29, 1.82) is 0 Å². The van der Waals surface area contributed by atoms with E-state index in [9.17, 15) is 9.59 Å². The third-order valence-electron chi connectivity index (χ3n) is 3.33. The van der Waals surface area contributed by atoms with Crippen LogP contribution in [-0.2, 0) is 16.0 Å². The fourth-order valence-electron chi connectivity index (χ4n) is 2.07. The summed E-state index contributed by atoms with van der Waals surface area (Å²) in [6.07, 6.45) is 0.0360. The largest absolute Gasteiger partial charge is 0.493 e. The second-order valence-electron chi connectivity index (χ2n) is 4.96. The second kappa shape index (κ2) is 8.36. The highest BCUT2D eigenvalue weighted by atomic mass is 35.5. The van der Waals surface area contributed by atoms with Gasteiger partial charge in [0.05, 0.1) is 20.6 Å². The molecule has 2 aromatic carbocycles. The lowest BCUT2D eigenvalue weighted by Gasteiger charge is -2.09. The third-order valence-corrected chi connectivity index (χ3v) is 3.58. The van der Waals surface area contributed by atoms with E-state index in [1.807, 2.05) is 0 Å². The Hall–Kier alpha value is -2.53. The standard InChI is InChI=1S/C18H17ClO5/c1-22-16-8-3-12(9-17(16)23-2)10-18(21)24-11-15(20)13-4-6-14(19)7-5-13/h3-9H,10-11H2,1-2H3. The van der Waals surface area contributed by atoms with Crippen molar-refractivity contribution in [2.45, 2.75) is 6.42 Å². The lowest BCUT2D eigenvalue weighted by atomic mass is 10.1. The van der Waals surface area contributed by atoms with E-state index in [1.165, 1.54) is 14.2 Å². The quantitative estimate of drug-likeness (QED) is 0.567. The number of ether oxygens (including phenoxy) is 3. The van der Waals surface area contributed by atoms with Crippen molar-refractivity contribution in [3.05, 3.63) is 58.6 Å². The number of halogens is 1. The summed E-state index contributed by atoms with van der Waals surface area (Å²) >= 11 is 5.76. The summed E-state index contributed by atoms with van der Waals surface area (Å²) in [4.78, 5) is 23.8. The highest BCUT2D eigenvalue weighted by molar-refractivity contribution is 6.30. The molecule has 126 valence electrons. The minimum atomic E-state index is -0.496. The molecule has 0 aliphatic rings. The molecule has 0 aliphatic carbocycles. The maximum Gasteiger partial charge on any atom is 0.310 e. The fraction of sp³-hybridized carbons (Fsp3) is 0.222. The molecule has 0 N–H and O–H groups in total. The molecule has 0 unspecified atom stereocenters. The Morgan fingerprint density at radius 2 is 1.62 bits per heavy atom. The number of hydrogen-bond donors (Lipinski definition) is 0. The van der Waals surface area contributed by atoms with E-state index in [4.69, 9.17) is 25.8 Å². The zero-order valence-corrected chi connectivity index (χ0v) is 14.1. The van der Waals surface area contributed by atoms with Gasteiger partial charge in [0.2, 0.25) is 0 Å². The van der Waals surface area contributed by atoms with Crippen LogP contribution in [0.5, 0.6) is 11.5 Å². The molecule has 5 nitrogen and oxygen atoms in total. The van der Waals surface area contributed by atoms with E-state index in [2.05, 4.69) is 0 Å². The van der Waals surface area contributed by atoms with Gasteiger partial charge in [-0.05, 0) is 42.0 Å². The zero-order chi connectivity index (χ0) is 17.5. The molecule has 0 spiro atoms. The van der Waals surface area contributed by atoms with Crippen LogP contribution in [0.4, 0.5) is 0 Å². The van der Waals surface area contributed by atoms with Gasteiger partial charge >= 0.3 is 5.97 Å². The predicted octanol–water partition coefficient (Wildman–Crippen LogP) is 3.33. The Kier molecular flexibility index (Phi) is 6.21. The number of esters is 1. The molecule has 0 heterocycles. The molecule has 0 atom stereocenters. The maximum atomic E-state index is 11.9. The first kappa shape index (κ1) is 17.8. The Labute approximate surface area is 145 Å². The van der Waals surface area contributed by atoms with E-state index in [0.717, 1.165) is 0 Å². The summed E-state index contributed by atoms with van der Waals surface area (Å²) < 4.78 is 15.3. The second-order valence-corrected chi connectivity index (χ2v) is 5.39. The molecule has 2 aromatic rings. The van der Waals surface area contributed by atoms with Gasteiger partial charge in [-0.15, -0.1) is 0 Å². The van der Waals surface area contributed by atoms with Gasteiger partial charge < -0.3 is 14.2 Å². The number of rotatable bonds is 7. The van der Waals surface area contributed by atoms with E-state index in [1.54, 1.807) is 42.5 Å². The molecule has 0 aliphatic heterocycles. The van der Waals surface area contributed by atoms with Crippen LogP contribution >= 0.6 is 11.6 Å². The summed E-state index contributed by atoms with van der Waals surface area (Å²) in [5.74, 6) is 0.324. The average Bonchev–Trinajstić information content (AvgIpc) is 2.60. The Morgan fingerprint density at radius 1 is 0.958 bits per heavy atom. The van der Waals surface area contributed by atoms with Gasteiger partial charge in [0.25, 0.3) is 0 Å².